The molecule has 0 heterocycles. The van der Waals surface area contributed by atoms with Gasteiger partial charge in [-0.15, -0.1) is 0 Å². The third kappa shape index (κ3) is 2.92. The van der Waals surface area contributed by atoms with E-state index in [9.17, 15) is 9.90 Å². The van der Waals surface area contributed by atoms with E-state index in [-0.39, 0.29) is 11.7 Å². The van der Waals surface area contributed by atoms with Crippen molar-refractivity contribution in [3.63, 3.8) is 0 Å². The van der Waals surface area contributed by atoms with Gasteiger partial charge in [-0.05, 0) is 65.1 Å². The van der Waals surface area contributed by atoms with E-state index < -0.39 is 0 Å². The second-order valence-electron chi connectivity index (χ2n) is 3.74. The van der Waals surface area contributed by atoms with Crippen LogP contribution in [-0.2, 0) is 0 Å². The van der Waals surface area contributed by atoms with Crippen LogP contribution in [-0.4, -0.2) is 11.0 Å². The molecule has 4 nitrogen and oxygen atoms in total. The van der Waals surface area contributed by atoms with Crippen molar-refractivity contribution in [2.75, 3.05) is 11.1 Å². The highest BCUT2D eigenvalue weighted by Crippen LogP contribution is 2.21. The van der Waals surface area contributed by atoms with Gasteiger partial charge >= 0.3 is 0 Å². The number of nitrogen functional groups attached to an aromatic ring is 1. The fourth-order valence-electron chi connectivity index (χ4n) is 1.42. The summed E-state index contributed by atoms with van der Waals surface area (Å²) in [6.07, 6.45) is 0. The Kier molecular flexibility index (Phi) is 3.71. The summed E-state index contributed by atoms with van der Waals surface area (Å²) < 4.78 is 0.705. The van der Waals surface area contributed by atoms with Crippen molar-refractivity contribution in [2.24, 2.45) is 0 Å². The molecule has 0 fully saturated rings. The first-order chi connectivity index (χ1) is 8.56. The van der Waals surface area contributed by atoms with Crippen molar-refractivity contribution >= 4 is 39.9 Å². The van der Waals surface area contributed by atoms with Crippen LogP contribution in [0.4, 0.5) is 11.4 Å². The lowest BCUT2D eigenvalue weighted by molar-refractivity contribution is 0.102. The number of aromatic hydroxyl groups is 1. The predicted molar refractivity (Wildman–Crippen MR) is 79.6 cm³/mol. The van der Waals surface area contributed by atoms with Gasteiger partial charge in [0.05, 0.1) is 3.57 Å². The highest BCUT2D eigenvalue weighted by Gasteiger charge is 2.08. The zero-order valence-corrected chi connectivity index (χ0v) is 11.5. The smallest absolute Gasteiger partial charge is 0.255 e. The second kappa shape index (κ2) is 5.26. The number of rotatable bonds is 2. The molecular weight excluding hydrogens is 343 g/mol. The molecule has 0 saturated carbocycles. The molecule has 18 heavy (non-hydrogen) atoms. The summed E-state index contributed by atoms with van der Waals surface area (Å²) in [5, 5.41) is 12.3. The number of hydrogen-bond acceptors (Lipinski definition) is 3. The number of nitrogens with two attached hydrogens (primary N) is 1. The zero-order valence-electron chi connectivity index (χ0n) is 9.35. The molecule has 2 rings (SSSR count). The van der Waals surface area contributed by atoms with E-state index in [1.165, 1.54) is 6.07 Å². The predicted octanol–water partition coefficient (Wildman–Crippen LogP) is 2.83. The summed E-state index contributed by atoms with van der Waals surface area (Å²) in [4.78, 5) is 11.9. The molecule has 0 unspecified atom stereocenters. The summed E-state index contributed by atoms with van der Waals surface area (Å²) in [6.45, 7) is 0. The van der Waals surface area contributed by atoms with E-state index in [2.05, 4.69) is 5.32 Å². The highest BCUT2D eigenvalue weighted by atomic mass is 127. The molecule has 0 saturated heterocycles. The van der Waals surface area contributed by atoms with Crippen LogP contribution < -0.4 is 11.1 Å². The molecular formula is C13H11IN2O2. The average molecular weight is 354 g/mol. The first-order valence-electron chi connectivity index (χ1n) is 5.21. The summed E-state index contributed by atoms with van der Waals surface area (Å²) in [6, 6.07) is 11.7. The van der Waals surface area contributed by atoms with Gasteiger partial charge in [-0.2, -0.15) is 0 Å². The van der Waals surface area contributed by atoms with Gasteiger partial charge in [0.15, 0.2) is 0 Å². The molecule has 2 aromatic rings. The molecule has 5 heteroatoms. The van der Waals surface area contributed by atoms with E-state index in [0.717, 1.165) is 0 Å². The molecule has 2 aromatic carbocycles. The number of halogens is 1. The molecule has 0 aliphatic carbocycles. The Morgan fingerprint density at radius 1 is 1.17 bits per heavy atom. The van der Waals surface area contributed by atoms with Crippen LogP contribution in [0.2, 0.25) is 0 Å². The number of carbonyl (C=O) groups excluding carboxylic acids is 1. The van der Waals surface area contributed by atoms with Crippen molar-refractivity contribution in [3.05, 3.63) is 51.6 Å². The first kappa shape index (κ1) is 12.7. The van der Waals surface area contributed by atoms with Crippen molar-refractivity contribution in [3.8, 4) is 5.75 Å². The molecule has 1 amide bonds. The summed E-state index contributed by atoms with van der Waals surface area (Å²) in [5.41, 5.74) is 7.26. The maximum Gasteiger partial charge on any atom is 0.255 e. The van der Waals surface area contributed by atoms with Gasteiger partial charge in [-0.1, -0.05) is 0 Å². The molecule has 0 aliphatic heterocycles. The number of benzene rings is 2. The topological polar surface area (TPSA) is 75.3 Å². The van der Waals surface area contributed by atoms with Gasteiger partial charge in [0, 0.05) is 16.9 Å². The summed E-state index contributed by atoms with van der Waals surface area (Å²) in [5.74, 6) is -0.174. The van der Waals surface area contributed by atoms with E-state index in [1.807, 2.05) is 22.6 Å². The van der Waals surface area contributed by atoms with Gasteiger partial charge in [-0.25, -0.2) is 0 Å². The number of nitrogens with one attached hydrogen (secondary N) is 1. The molecule has 0 aromatic heterocycles. The van der Waals surface area contributed by atoms with Gasteiger partial charge < -0.3 is 16.2 Å². The van der Waals surface area contributed by atoms with E-state index in [0.29, 0.717) is 20.5 Å². The van der Waals surface area contributed by atoms with Crippen LogP contribution in [0.1, 0.15) is 10.4 Å². The lowest BCUT2D eigenvalue weighted by Gasteiger charge is -2.06. The number of amides is 1. The van der Waals surface area contributed by atoms with Crippen LogP contribution in [0.3, 0.4) is 0 Å². The number of carbonyl (C=O) groups is 1. The van der Waals surface area contributed by atoms with Crippen LogP contribution in [0.15, 0.2) is 42.5 Å². The molecule has 0 radical (unpaired) electrons. The zero-order chi connectivity index (χ0) is 13.1. The third-order valence-electron chi connectivity index (χ3n) is 2.38. The Bertz CT molecular complexity index is 582. The molecule has 0 atom stereocenters. The SMILES string of the molecule is Nc1ccc(NC(=O)c2ccc(I)c(O)c2)cc1. The van der Waals surface area contributed by atoms with Gasteiger partial charge in [0.2, 0.25) is 0 Å². The van der Waals surface area contributed by atoms with Gasteiger partial charge in [0.25, 0.3) is 5.91 Å². The molecule has 0 spiro atoms. The highest BCUT2D eigenvalue weighted by molar-refractivity contribution is 14.1. The summed E-state index contributed by atoms with van der Waals surface area (Å²) in [7, 11) is 0. The number of anilines is 2. The minimum Gasteiger partial charge on any atom is -0.507 e. The molecule has 0 aliphatic rings. The fourth-order valence-corrected chi connectivity index (χ4v) is 1.76. The maximum atomic E-state index is 11.9. The Hall–Kier alpha value is -1.76. The van der Waals surface area contributed by atoms with Crippen LogP contribution in [0.25, 0.3) is 0 Å². The van der Waals surface area contributed by atoms with Gasteiger partial charge in [0.1, 0.15) is 5.75 Å². The monoisotopic (exact) mass is 354 g/mol. The number of phenolic OH excluding ortho intramolecular Hbond substituents is 1. The Morgan fingerprint density at radius 3 is 2.44 bits per heavy atom. The second-order valence-corrected chi connectivity index (χ2v) is 4.90. The van der Waals surface area contributed by atoms with Gasteiger partial charge in [-0.3, -0.25) is 4.79 Å². The third-order valence-corrected chi connectivity index (χ3v) is 3.29. The van der Waals surface area contributed by atoms with E-state index >= 15 is 0 Å². The van der Waals surface area contributed by atoms with Crippen molar-refractivity contribution in [2.45, 2.75) is 0 Å². The lowest BCUT2D eigenvalue weighted by atomic mass is 10.2. The Morgan fingerprint density at radius 2 is 1.83 bits per heavy atom. The Labute approximate surface area is 118 Å². The number of phenols is 1. The first-order valence-corrected chi connectivity index (χ1v) is 6.29. The van der Waals surface area contributed by atoms with Crippen LogP contribution in [0.5, 0.6) is 5.75 Å². The summed E-state index contributed by atoms with van der Waals surface area (Å²) >= 11 is 2.00. The van der Waals surface area contributed by atoms with Crippen molar-refractivity contribution in [1.82, 2.24) is 0 Å². The van der Waals surface area contributed by atoms with Crippen molar-refractivity contribution < 1.29 is 9.90 Å². The minimum atomic E-state index is -0.272. The molecule has 92 valence electrons. The normalized spacial score (nSPS) is 10.1. The Balaban J connectivity index is 2.16. The minimum absolute atomic E-state index is 0.0977. The maximum absolute atomic E-state index is 11.9. The van der Waals surface area contributed by atoms with Crippen LogP contribution >= 0.6 is 22.6 Å². The molecule has 0 bridgehead atoms. The quantitative estimate of drug-likeness (QED) is 0.574. The largest absolute Gasteiger partial charge is 0.507 e. The average Bonchev–Trinajstić information content (AvgIpc) is 2.35. The van der Waals surface area contributed by atoms with Crippen molar-refractivity contribution in [1.29, 1.82) is 0 Å². The fraction of sp³-hybridized carbons (Fsp3) is 0. The van der Waals surface area contributed by atoms with Crippen LogP contribution in [0, 0.1) is 3.57 Å². The number of hydrogen-bond donors (Lipinski definition) is 3. The molecule has 4 N–H and O–H groups in total. The van der Waals surface area contributed by atoms with E-state index in [4.69, 9.17) is 5.73 Å². The standard InChI is InChI=1S/C13H11IN2O2/c14-11-6-1-8(7-12(11)17)13(18)16-10-4-2-9(15)3-5-10/h1-7,17H,15H2,(H,16,18). The van der Waals surface area contributed by atoms with E-state index in [1.54, 1.807) is 36.4 Å². The lowest BCUT2D eigenvalue weighted by Crippen LogP contribution is -2.11.